The topological polar surface area (TPSA) is 97.4 Å². The summed E-state index contributed by atoms with van der Waals surface area (Å²) in [6.45, 7) is 2.16. The van der Waals surface area contributed by atoms with Crippen LogP contribution in [0.2, 0.25) is 0 Å². The second kappa shape index (κ2) is 10.4. The molecule has 0 saturated heterocycles. The number of nitrogens with one attached hydrogen (secondary N) is 2. The number of thiazole rings is 1. The molecule has 0 unspecified atom stereocenters. The van der Waals surface area contributed by atoms with Gasteiger partial charge < -0.3 is 4.74 Å². The quantitative estimate of drug-likeness (QED) is 0.357. The van der Waals surface area contributed by atoms with Gasteiger partial charge in [-0.15, -0.1) is 23.1 Å². The molecule has 0 aliphatic rings. The molecule has 3 aromatic rings. The first kappa shape index (κ1) is 23.4. The van der Waals surface area contributed by atoms with Crippen molar-refractivity contribution in [2.45, 2.75) is 16.7 Å². The fraction of sp³-hybridized carbons (Fsp3) is 0.238. The van der Waals surface area contributed by atoms with E-state index in [0.717, 1.165) is 16.2 Å². The number of hydrogen-bond donors (Lipinski definition) is 2. The summed E-state index contributed by atoms with van der Waals surface area (Å²) in [5.74, 6) is -0.412. The minimum Gasteiger partial charge on any atom is -0.383 e. The van der Waals surface area contributed by atoms with Crippen molar-refractivity contribution in [2.75, 3.05) is 31.8 Å². The Kier molecular flexibility index (Phi) is 7.84. The third-order valence-electron chi connectivity index (χ3n) is 4.47. The first-order valence-corrected chi connectivity index (χ1v) is 12.9. The molecule has 0 atom stereocenters. The SMILES string of the molecule is COCCNS(=O)(=O)c1ccc(C)c(C(=O)Nc2nc(-c3ccc(SC)cc3)cs2)c1. The van der Waals surface area contributed by atoms with Gasteiger partial charge >= 0.3 is 0 Å². The number of aromatic nitrogens is 1. The van der Waals surface area contributed by atoms with Crippen molar-refractivity contribution in [1.82, 2.24) is 9.71 Å². The Hall–Kier alpha value is -2.24. The highest BCUT2D eigenvalue weighted by molar-refractivity contribution is 7.98. The number of methoxy groups -OCH3 is 1. The van der Waals surface area contributed by atoms with Crippen molar-refractivity contribution in [1.29, 1.82) is 0 Å². The zero-order valence-corrected chi connectivity index (χ0v) is 19.8. The third kappa shape index (κ3) is 5.92. The fourth-order valence-corrected chi connectivity index (χ4v) is 4.93. The molecule has 0 aliphatic heterocycles. The number of carbonyl (C=O) groups excluding carboxylic acids is 1. The maximum atomic E-state index is 12.8. The van der Waals surface area contributed by atoms with Crippen molar-refractivity contribution in [3.05, 3.63) is 59.0 Å². The minimum atomic E-state index is -3.74. The molecule has 0 spiro atoms. The van der Waals surface area contributed by atoms with E-state index in [4.69, 9.17) is 4.74 Å². The molecule has 0 fully saturated rings. The van der Waals surface area contributed by atoms with E-state index >= 15 is 0 Å². The highest BCUT2D eigenvalue weighted by atomic mass is 32.2. The predicted molar refractivity (Wildman–Crippen MR) is 126 cm³/mol. The smallest absolute Gasteiger partial charge is 0.257 e. The lowest BCUT2D eigenvalue weighted by molar-refractivity contribution is 0.102. The Balaban J connectivity index is 1.77. The molecule has 1 amide bonds. The van der Waals surface area contributed by atoms with E-state index in [1.807, 2.05) is 35.9 Å². The number of aryl methyl sites for hydroxylation is 1. The van der Waals surface area contributed by atoms with Crippen LogP contribution in [0.1, 0.15) is 15.9 Å². The van der Waals surface area contributed by atoms with E-state index in [9.17, 15) is 13.2 Å². The van der Waals surface area contributed by atoms with Crippen LogP contribution in [0.25, 0.3) is 11.3 Å². The van der Waals surface area contributed by atoms with E-state index in [-0.39, 0.29) is 23.6 Å². The number of carbonyl (C=O) groups is 1. The second-order valence-electron chi connectivity index (χ2n) is 6.59. The van der Waals surface area contributed by atoms with E-state index in [1.165, 1.54) is 30.6 Å². The highest BCUT2D eigenvalue weighted by Crippen LogP contribution is 2.27. The summed E-state index contributed by atoms with van der Waals surface area (Å²) in [6, 6.07) is 12.5. The van der Waals surface area contributed by atoms with Gasteiger partial charge in [0, 0.05) is 35.1 Å². The number of anilines is 1. The van der Waals surface area contributed by atoms with Gasteiger partial charge in [-0.05, 0) is 43.0 Å². The van der Waals surface area contributed by atoms with Crippen LogP contribution in [0.3, 0.4) is 0 Å². The summed E-state index contributed by atoms with van der Waals surface area (Å²) in [6.07, 6.45) is 2.02. The molecule has 164 valence electrons. The maximum Gasteiger partial charge on any atom is 0.257 e. The van der Waals surface area contributed by atoms with Crippen LogP contribution in [-0.2, 0) is 14.8 Å². The van der Waals surface area contributed by atoms with Gasteiger partial charge in [-0.2, -0.15) is 0 Å². The number of rotatable bonds is 9. The monoisotopic (exact) mass is 477 g/mol. The minimum absolute atomic E-state index is 0.0214. The molecule has 7 nitrogen and oxygen atoms in total. The molecule has 1 heterocycles. The third-order valence-corrected chi connectivity index (χ3v) is 7.43. The van der Waals surface area contributed by atoms with Crippen molar-refractivity contribution in [3.63, 3.8) is 0 Å². The zero-order valence-electron chi connectivity index (χ0n) is 17.3. The Morgan fingerprint density at radius 2 is 1.94 bits per heavy atom. The van der Waals surface area contributed by atoms with Crippen molar-refractivity contribution < 1.29 is 17.9 Å². The molecule has 0 radical (unpaired) electrons. The lowest BCUT2D eigenvalue weighted by atomic mass is 10.1. The van der Waals surface area contributed by atoms with Gasteiger partial charge in [-0.1, -0.05) is 18.2 Å². The van der Waals surface area contributed by atoms with Crippen LogP contribution >= 0.6 is 23.1 Å². The Morgan fingerprint density at radius 3 is 2.61 bits per heavy atom. The molecular formula is C21H23N3O4S3. The molecule has 2 aromatic carbocycles. The van der Waals surface area contributed by atoms with Crippen LogP contribution in [0.4, 0.5) is 5.13 Å². The average Bonchev–Trinajstić information content (AvgIpc) is 3.22. The number of amides is 1. The molecule has 31 heavy (non-hydrogen) atoms. The number of benzene rings is 2. The molecule has 10 heteroatoms. The van der Waals surface area contributed by atoms with Crippen LogP contribution in [0, 0.1) is 6.92 Å². The van der Waals surface area contributed by atoms with Gasteiger partial charge in [-0.25, -0.2) is 18.1 Å². The lowest BCUT2D eigenvalue weighted by Gasteiger charge is -2.10. The van der Waals surface area contributed by atoms with Crippen molar-refractivity contribution >= 4 is 44.2 Å². The van der Waals surface area contributed by atoms with Crippen molar-refractivity contribution in [2.24, 2.45) is 0 Å². The molecule has 0 saturated carbocycles. The molecule has 0 bridgehead atoms. The number of nitrogens with zero attached hydrogens (tertiary/aromatic N) is 1. The summed E-state index contributed by atoms with van der Waals surface area (Å²) in [5, 5.41) is 5.09. The van der Waals surface area contributed by atoms with E-state index in [2.05, 4.69) is 15.0 Å². The van der Waals surface area contributed by atoms with Gasteiger partial charge in [0.1, 0.15) is 0 Å². The highest BCUT2D eigenvalue weighted by Gasteiger charge is 2.18. The van der Waals surface area contributed by atoms with Gasteiger partial charge in [0.2, 0.25) is 10.0 Å². The predicted octanol–water partition coefficient (Wildman–Crippen LogP) is 4.02. The zero-order chi connectivity index (χ0) is 22.4. The molecule has 3 rings (SSSR count). The standard InChI is InChI=1S/C21H23N3O4S3/c1-14-4-9-17(31(26,27)22-10-11-28-2)12-18(14)20(25)24-21-23-19(13-30-21)15-5-7-16(29-3)8-6-15/h4-9,12-13,22H,10-11H2,1-3H3,(H,23,24,25). The van der Waals surface area contributed by atoms with Gasteiger partial charge in [0.25, 0.3) is 5.91 Å². The van der Waals surface area contributed by atoms with E-state index in [0.29, 0.717) is 10.7 Å². The second-order valence-corrected chi connectivity index (χ2v) is 10.1. The van der Waals surface area contributed by atoms with Gasteiger partial charge in [0.15, 0.2) is 5.13 Å². The van der Waals surface area contributed by atoms with Crippen LogP contribution in [0.15, 0.2) is 57.6 Å². The molecular weight excluding hydrogens is 454 g/mol. The summed E-state index contributed by atoms with van der Waals surface area (Å²) in [5.41, 5.74) is 2.66. The number of thioether (sulfide) groups is 1. The molecule has 2 N–H and O–H groups in total. The van der Waals surface area contributed by atoms with Crippen LogP contribution in [-0.4, -0.2) is 45.8 Å². The fourth-order valence-electron chi connectivity index (χ4n) is 2.76. The lowest BCUT2D eigenvalue weighted by Crippen LogP contribution is -2.27. The van der Waals surface area contributed by atoms with Gasteiger partial charge in [0.05, 0.1) is 17.2 Å². The van der Waals surface area contributed by atoms with E-state index < -0.39 is 15.9 Å². The Morgan fingerprint density at radius 1 is 1.19 bits per heavy atom. The van der Waals surface area contributed by atoms with Crippen molar-refractivity contribution in [3.8, 4) is 11.3 Å². The van der Waals surface area contributed by atoms with Crippen LogP contribution in [0.5, 0.6) is 0 Å². The summed E-state index contributed by atoms with van der Waals surface area (Å²) in [4.78, 5) is 18.5. The summed E-state index contributed by atoms with van der Waals surface area (Å²) >= 11 is 2.98. The number of ether oxygens (including phenoxy) is 1. The summed E-state index contributed by atoms with van der Waals surface area (Å²) < 4.78 is 32.2. The molecule has 0 aliphatic carbocycles. The van der Waals surface area contributed by atoms with Gasteiger partial charge in [-0.3, -0.25) is 10.1 Å². The normalized spacial score (nSPS) is 11.5. The maximum absolute atomic E-state index is 12.8. The van der Waals surface area contributed by atoms with E-state index in [1.54, 1.807) is 24.8 Å². The summed E-state index contributed by atoms with van der Waals surface area (Å²) in [7, 11) is -2.25. The first-order valence-electron chi connectivity index (χ1n) is 9.34. The first-order chi connectivity index (χ1) is 14.8. The average molecular weight is 478 g/mol. The Labute approximate surface area is 190 Å². The Bertz CT molecular complexity index is 1160. The number of hydrogen-bond acceptors (Lipinski definition) is 7. The largest absolute Gasteiger partial charge is 0.383 e. The van der Waals surface area contributed by atoms with Crippen LogP contribution < -0.4 is 10.0 Å². The number of sulfonamides is 1. The molecule has 1 aromatic heterocycles.